The van der Waals surface area contributed by atoms with Gasteiger partial charge in [0, 0.05) is 28.8 Å². The zero-order chi connectivity index (χ0) is 46.5. The van der Waals surface area contributed by atoms with Crippen LogP contribution in [0.15, 0.2) is 255 Å². The average molecular weight is 892 g/mol. The van der Waals surface area contributed by atoms with E-state index in [1.807, 2.05) is 6.08 Å². The first kappa shape index (κ1) is 41.4. The van der Waals surface area contributed by atoms with E-state index in [0.717, 1.165) is 24.1 Å². The van der Waals surface area contributed by atoms with Crippen LogP contribution in [0.3, 0.4) is 0 Å². The maximum atomic E-state index is 4.09. The molecule has 0 N–H and O–H groups in total. The number of hydrogen-bond donors (Lipinski definition) is 0. The van der Waals surface area contributed by atoms with E-state index in [-0.39, 0.29) is 0 Å². The van der Waals surface area contributed by atoms with Crippen molar-refractivity contribution in [3.05, 3.63) is 272 Å². The molecule has 1 aliphatic carbocycles. The van der Waals surface area contributed by atoms with Gasteiger partial charge in [0.1, 0.15) is 0 Å². The smallest absolute Gasteiger partial charge is 0.0535 e. The molecule has 1 heteroatoms. The molecule has 0 saturated carbocycles. The van der Waals surface area contributed by atoms with Crippen LogP contribution in [0.2, 0.25) is 0 Å². The van der Waals surface area contributed by atoms with Crippen molar-refractivity contribution in [2.75, 3.05) is 0 Å². The molecule has 0 amide bonds. The van der Waals surface area contributed by atoms with E-state index in [1.54, 1.807) is 0 Å². The Bertz CT molecular complexity index is 4120. The summed E-state index contributed by atoms with van der Waals surface area (Å²) in [5, 5.41) is 14.0. The van der Waals surface area contributed by atoms with Gasteiger partial charge in [-0.05, 0) is 153 Å². The van der Waals surface area contributed by atoms with Crippen molar-refractivity contribution in [1.82, 2.24) is 4.57 Å². The Labute approximate surface area is 408 Å². The highest BCUT2D eigenvalue weighted by Crippen LogP contribution is 2.40. The highest BCUT2D eigenvalue weighted by atomic mass is 15.0. The first-order valence-electron chi connectivity index (χ1n) is 24.5. The van der Waals surface area contributed by atoms with Gasteiger partial charge in [0.25, 0.3) is 0 Å². The number of aromatic nitrogens is 1. The summed E-state index contributed by atoms with van der Waals surface area (Å²) < 4.78 is 2.38. The molecule has 1 unspecified atom stereocenters. The number of nitrogens with zero attached hydrogens (tertiary/aromatic N) is 1. The van der Waals surface area contributed by atoms with Crippen LogP contribution in [0.4, 0.5) is 0 Å². The Hall–Kier alpha value is -8.78. The molecule has 1 heterocycles. The molecule has 0 bridgehead atoms. The molecule has 1 atom stereocenters. The van der Waals surface area contributed by atoms with Gasteiger partial charge in [-0.25, -0.2) is 0 Å². The van der Waals surface area contributed by atoms with Crippen molar-refractivity contribution < 1.29 is 0 Å². The largest absolute Gasteiger partial charge is 0.316 e. The first-order valence-corrected chi connectivity index (χ1v) is 24.5. The van der Waals surface area contributed by atoms with Gasteiger partial charge in [-0.15, -0.1) is 0 Å². The fraction of sp³-hybridized carbons (Fsp3) is 0.0435. The molecule has 1 nitrogen and oxygen atoms in total. The molecule has 0 saturated heterocycles. The summed E-state index contributed by atoms with van der Waals surface area (Å²) in [6, 6.07) is 78.3. The Morgan fingerprint density at radius 3 is 1.84 bits per heavy atom. The Kier molecular flexibility index (Phi) is 10.3. The quantitative estimate of drug-likeness (QED) is 0.127. The monoisotopic (exact) mass is 891 g/mol. The molecule has 330 valence electrons. The number of fused-ring (bicyclic) bond motifs is 8. The van der Waals surface area contributed by atoms with E-state index in [0.29, 0.717) is 5.92 Å². The average Bonchev–Trinajstić information content (AvgIpc) is 3.82. The molecule has 0 fully saturated rings. The zero-order valence-electron chi connectivity index (χ0n) is 38.9. The van der Waals surface area contributed by atoms with E-state index in [9.17, 15) is 0 Å². The predicted molar refractivity (Wildman–Crippen MR) is 302 cm³/mol. The third kappa shape index (κ3) is 7.35. The highest BCUT2D eigenvalue weighted by molar-refractivity contribution is 6.14. The Balaban J connectivity index is 0.839. The minimum absolute atomic E-state index is 0.294. The third-order valence-corrected chi connectivity index (χ3v) is 14.8. The van der Waals surface area contributed by atoms with Gasteiger partial charge in [-0.2, -0.15) is 0 Å². The molecule has 1 aromatic heterocycles. The molecule has 70 heavy (non-hydrogen) atoms. The van der Waals surface area contributed by atoms with Crippen molar-refractivity contribution in [1.29, 1.82) is 0 Å². The van der Waals surface area contributed by atoms with Crippen LogP contribution in [-0.4, -0.2) is 4.57 Å². The predicted octanol–water partition coefficient (Wildman–Crippen LogP) is 19.1. The SMILES string of the molecule is C=Cc1ccc2ccccc2c1/C=C\CC1=CCC(c2ccc3c(c2)c(-c2ccc(-c4ccc5c(ccc6ccccc65)c4)cc2)cn3-c2ccc(-c3cc4ccccc4c4ccccc34)cc2)C=C1. The minimum atomic E-state index is 0.294. The Morgan fingerprint density at radius 1 is 0.471 bits per heavy atom. The van der Waals surface area contributed by atoms with E-state index >= 15 is 0 Å². The highest BCUT2D eigenvalue weighted by Gasteiger charge is 2.18. The fourth-order valence-corrected chi connectivity index (χ4v) is 11.1. The lowest BCUT2D eigenvalue weighted by Crippen LogP contribution is -1.99. The third-order valence-electron chi connectivity index (χ3n) is 14.8. The number of rotatable bonds is 9. The van der Waals surface area contributed by atoms with Gasteiger partial charge in [0.2, 0.25) is 0 Å². The lowest BCUT2D eigenvalue weighted by molar-refractivity contribution is 0.842. The van der Waals surface area contributed by atoms with Crippen molar-refractivity contribution in [2.45, 2.75) is 18.8 Å². The van der Waals surface area contributed by atoms with Crippen LogP contribution in [-0.2, 0) is 0 Å². The normalized spacial score (nSPS) is 13.9. The Morgan fingerprint density at radius 2 is 1.07 bits per heavy atom. The number of allylic oxidation sites excluding steroid dienone is 5. The summed E-state index contributed by atoms with van der Waals surface area (Å²) in [6.45, 7) is 4.09. The number of hydrogen-bond acceptors (Lipinski definition) is 0. The molecule has 0 spiro atoms. The van der Waals surface area contributed by atoms with Crippen LogP contribution in [0.5, 0.6) is 0 Å². The summed E-state index contributed by atoms with van der Waals surface area (Å²) >= 11 is 0. The summed E-state index contributed by atoms with van der Waals surface area (Å²) in [5.41, 5.74) is 14.7. The van der Waals surface area contributed by atoms with E-state index in [4.69, 9.17) is 0 Å². The molecule has 1 aliphatic rings. The van der Waals surface area contributed by atoms with Gasteiger partial charge in [0.15, 0.2) is 0 Å². The van der Waals surface area contributed by atoms with Crippen LogP contribution in [0.25, 0.3) is 116 Å². The summed E-state index contributed by atoms with van der Waals surface area (Å²) in [5.74, 6) is 0.294. The van der Waals surface area contributed by atoms with Crippen molar-refractivity contribution in [3.63, 3.8) is 0 Å². The van der Waals surface area contributed by atoms with Crippen LogP contribution < -0.4 is 0 Å². The van der Waals surface area contributed by atoms with Crippen molar-refractivity contribution in [2.24, 2.45) is 0 Å². The van der Waals surface area contributed by atoms with E-state index < -0.39 is 0 Å². The van der Waals surface area contributed by atoms with Crippen LogP contribution in [0.1, 0.15) is 35.4 Å². The maximum Gasteiger partial charge on any atom is 0.0535 e. The van der Waals surface area contributed by atoms with Gasteiger partial charge in [-0.1, -0.05) is 219 Å². The second-order valence-electron chi connectivity index (χ2n) is 18.8. The van der Waals surface area contributed by atoms with Crippen LogP contribution >= 0.6 is 0 Å². The van der Waals surface area contributed by atoms with E-state index in [2.05, 4.69) is 260 Å². The molecule has 13 rings (SSSR count). The van der Waals surface area contributed by atoms with Crippen LogP contribution in [0, 0.1) is 0 Å². The fourth-order valence-electron chi connectivity index (χ4n) is 11.1. The second-order valence-corrected chi connectivity index (χ2v) is 18.8. The van der Waals surface area contributed by atoms with Gasteiger partial charge in [-0.3, -0.25) is 0 Å². The van der Waals surface area contributed by atoms with E-state index in [1.165, 1.54) is 115 Å². The van der Waals surface area contributed by atoms with Gasteiger partial charge >= 0.3 is 0 Å². The van der Waals surface area contributed by atoms with Gasteiger partial charge in [0.05, 0.1) is 5.52 Å². The van der Waals surface area contributed by atoms with Gasteiger partial charge < -0.3 is 4.57 Å². The molecule has 12 aromatic rings. The lowest BCUT2D eigenvalue weighted by atomic mass is 9.88. The number of benzene rings is 11. The molecule has 0 radical (unpaired) electrons. The molecular weight excluding hydrogens is 843 g/mol. The summed E-state index contributed by atoms with van der Waals surface area (Å²) in [7, 11) is 0. The standard InChI is InChI=1S/C69H49N/c1-2-47-26-29-50-13-3-6-16-60(50)59(47)21-11-12-46-22-24-48(25-23-46)55-37-41-69-67(43-55)68(53-30-27-49(28-31-53)54-36-40-63-57(42-54)33-32-51-14-4-7-17-61(51)63)45-70(69)58-38-34-52(35-39-58)66-44-56-15-5-8-18-62(56)64-19-9-10-20-65(64)66/h2-11,13-24,26-45,48H,1,12,25H2/b21-11-. The zero-order valence-corrected chi connectivity index (χ0v) is 38.9. The first-order chi connectivity index (χ1) is 34.6. The maximum absolute atomic E-state index is 4.09. The van der Waals surface area contributed by atoms with Crippen molar-refractivity contribution >= 4 is 76.9 Å². The molecule has 0 aliphatic heterocycles. The molecule has 11 aromatic carbocycles. The lowest BCUT2D eigenvalue weighted by Gasteiger charge is -2.17. The second kappa shape index (κ2) is 17.4. The summed E-state index contributed by atoms with van der Waals surface area (Å²) in [4.78, 5) is 0. The summed E-state index contributed by atoms with van der Waals surface area (Å²) in [6.07, 6.45) is 17.9. The minimum Gasteiger partial charge on any atom is -0.316 e. The van der Waals surface area contributed by atoms with Crippen molar-refractivity contribution in [3.8, 4) is 39.1 Å². The topological polar surface area (TPSA) is 4.93 Å². The molecular formula is C69H49N.